The molecule has 0 bridgehead atoms. The number of rotatable bonds is 7. The van der Waals surface area contributed by atoms with Gasteiger partial charge in [0.1, 0.15) is 17.6 Å². The lowest BCUT2D eigenvalue weighted by molar-refractivity contribution is 0.0552. The highest BCUT2D eigenvalue weighted by molar-refractivity contribution is 6.31. The Morgan fingerprint density at radius 2 is 2.00 bits per heavy atom. The first-order chi connectivity index (χ1) is 18.6. The predicted molar refractivity (Wildman–Crippen MR) is 153 cm³/mol. The number of nitrogens with one attached hydrogen (secondary N) is 3. The quantitative estimate of drug-likeness (QED) is 0.313. The smallest absolute Gasteiger partial charge is 0.261 e. The number of fused-ring (bicyclic) bond motifs is 2. The topological polar surface area (TPSA) is 90.4 Å². The van der Waals surface area contributed by atoms with E-state index in [1.54, 1.807) is 6.07 Å². The summed E-state index contributed by atoms with van der Waals surface area (Å²) in [5.74, 6) is 0.610. The zero-order chi connectivity index (χ0) is 26.1. The van der Waals surface area contributed by atoms with Crippen molar-refractivity contribution in [1.82, 2.24) is 29.7 Å². The lowest BCUT2D eigenvalue weighted by atomic mass is 10.1. The van der Waals surface area contributed by atoms with Crippen molar-refractivity contribution < 1.29 is 4.74 Å². The number of morpholine rings is 1. The van der Waals surface area contributed by atoms with Crippen LogP contribution in [0.2, 0.25) is 5.02 Å². The summed E-state index contributed by atoms with van der Waals surface area (Å²) in [6.45, 7) is 8.02. The van der Waals surface area contributed by atoms with Crippen LogP contribution < -0.4 is 16.2 Å². The molecule has 2 fully saturated rings. The summed E-state index contributed by atoms with van der Waals surface area (Å²) in [6, 6.07) is 13.6. The molecular formula is C28H34ClN7O2. The minimum atomic E-state index is -0.185. The lowest BCUT2D eigenvalue weighted by Crippen LogP contribution is -2.44. The van der Waals surface area contributed by atoms with Gasteiger partial charge in [0.05, 0.1) is 35.5 Å². The molecule has 4 aromatic rings. The summed E-state index contributed by atoms with van der Waals surface area (Å²) >= 11 is 6.44. The van der Waals surface area contributed by atoms with E-state index in [-0.39, 0.29) is 11.7 Å². The molecular weight excluding hydrogens is 502 g/mol. The number of halogens is 1. The van der Waals surface area contributed by atoms with E-state index in [4.69, 9.17) is 21.3 Å². The fourth-order valence-electron chi connectivity index (χ4n) is 5.50. The molecule has 0 aliphatic carbocycles. The van der Waals surface area contributed by atoms with Gasteiger partial charge in [-0.2, -0.15) is 0 Å². The third kappa shape index (κ3) is 5.04. The molecule has 1 unspecified atom stereocenters. The van der Waals surface area contributed by atoms with E-state index in [1.807, 2.05) is 36.4 Å². The SMILES string of the molecule is CN1CCN(CCCNc2c(-c3nc4ccccc4n3C3COCCN3)c(=O)[nH]c3ccc(Cl)cc23)CC1. The average molecular weight is 536 g/mol. The van der Waals surface area contributed by atoms with E-state index >= 15 is 0 Å². The van der Waals surface area contributed by atoms with Gasteiger partial charge in [0, 0.05) is 49.7 Å². The third-order valence-corrected chi connectivity index (χ3v) is 7.79. The van der Waals surface area contributed by atoms with Crippen molar-refractivity contribution >= 4 is 39.2 Å². The molecule has 9 nitrogen and oxygen atoms in total. The van der Waals surface area contributed by atoms with Gasteiger partial charge >= 0.3 is 0 Å². The molecule has 6 rings (SSSR count). The maximum Gasteiger partial charge on any atom is 0.261 e. The number of H-pyrrole nitrogens is 1. The molecule has 2 aliphatic rings. The van der Waals surface area contributed by atoms with Gasteiger partial charge in [0.25, 0.3) is 5.56 Å². The number of para-hydroxylation sites is 2. The van der Waals surface area contributed by atoms with Gasteiger partial charge in [-0.15, -0.1) is 0 Å². The number of piperazine rings is 1. The van der Waals surface area contributed by atoms with Crippen LogP contribution in [-0.2, 0) is 4.74 Å². The standard InChI is InChI=1S/C28H34ClN7O2/c1-34-12-14-35(15-13-34)11-4-9-31-26-20-17-19(29)7-8-21(20)33-28(37)25(26)27-32-22-5-2-3-6-23(22)36(27)24-18-38-16-10-30-24/h2-3,5-8,17,24,30H,4,9-16,18H2,1H3,(H2,31,33,37). The number of ether oxygens (including phenoxy) is 1. The number of nitrogens with zero attached hydrogens (tertiary/aromatic N) is 4. The van der Waals surface area contributed by atoms with Gasteiger partial charge in [-0.1, -0.05) is 23.7 Å². The van der Waals surface area contributed by atoms with Crippen molar-refractivity contribution in [3.05, 3.63) is 57.8 Å². The Hall–Kier alpha value is -2.95. The Morgan fingerprint density at radius 1 is 1.16 bits per heavy atom. The Labute approximate surface area is 226 Å². The van der Waals surface area contributed by atoms with Crippen molar-refractivity contribution in [2.45, 2.75) is 12.6 Å². The van der Waals surface area contributed by atoms with Crippen LogP contribution in [0, 0.1) is 0 Å². The minimum absolute atomic E-state index is 0.134. The average Bonchev–Trinajstić information content (AvgIpc) is 3.31. The molecule has 10 heteroatoms. The molecule has 3 N–H and O–H groups in total. The van der Waals surface area contributed by atoms with Crippen LogP contribution in [0.4, 0.5) is 5.69 Å². The van der Waals surface area contributed by atoms with Crippen LogP contribution in [0.15, 0.2) is 47.3 Å². The molecule has 0 spiro atoms. The first kappa shape index (κ1) is 25.3. The predicted octanol–water partition coefficient (Wildman–Crippen LogP) is 3.37. The van der Waals surface area contributed by atoms with Gasteiger partial charge in [-0.05, 0) is 50.3 Å². The number of pyridine rings is 1. The summed E-state index contributed by atoms with van der Waals surface area (Å²) in [6.07, 6.45) is 0.831. The third-order valence-electron chi connectivity index (χ3n) is 7.56. The summed E-state index contributed by atoms with van der Waals surface area (Å²) in [4.78, 5) is 26.6. The van der Waals surface area contributed by atoms with Crippen molar-refractivity contribution in [3.8, 4) is 11.4 Å². The summed E-state index contributed by atoms with van der Waals surface area (Å²) in [5.41, 5.74) is 3.63. The maximum atomic E-state index is 13.7. The highest BCUT2D eigenvalue weighted by Crippen LogP contribution is 2.35. The van der Waals surface area contributed by atoms with Crippen molar-refractivity contribution in [3.63, 3.8) is 0 Å². The van der Waals surface area contributed by atoms with E-state index in [9.17, 15) is 4.79 Å². The fraction of sp³-hybridized carbons (Fsp3) is 0.429. The molecule has 2 saturated heterocycles. The molecule has 0 radical (unpaired) electrons. The minimum Gasteiger partial charge on any atom is -0.384 e. The molecule has 4 heterocycles. The zero-order valence-electron chi connectivity index (χ0n) is 21.7. The Bertz CT molecular complexity index is 1490. The molecule has 1 atom stereocenters. The van der Waals surface area contributed by atoms with Crippen LogP contribution >= 0.6 is 11.6 Å². The Morgan fingerprint density at radius 3 is 2.82 bits per heavy atom. The van der Waals surface area contributed by atoms with Crippen LogP contribution in [-0.4, -0.2) is 90.4 Å². The number of anilines is 1. The molecule has 2 aromatic carbocycles. The Kier molecular flexibility index (Phi) is 7.36. The molecule has 38 heavy (non-hydrogen) atoms. The van der Waals surface area contributed by atoms with Gasteiger partial charge in [-0.3, -0.25) is 10.1 Å². The molecule has 200 valence electrons. The highest BCUT2D eigenvalue weighted by Gasteiger charge is 2.26. The number of likely N-dealkylation sites (N-methyl/N-ethyl adjacent to an activating group) is 1. The normalized spacial score (nSPS) is 19.4. The Balaban J connectivity index is 1.41. The van der Waals surface area contributed by atoms with E-state index in [0.717, 1.165) is 79.9 Å². The van der Waals surface area contributed by atoms with Gasteiger partial charge in [0.15, 0.2) is 0 Å². The number of aromatic amines is 1. The van der Waals surface area contributed by atoms with Gasteiger partial charge < -0.3 is 29.4 Å². The zero-order valence-corrected chi connectivity index (χ0v) is 22.4. The molecule has 2 aliphatic heterocycles. The second-order valence-electron chi connectivity index (χ2n) is 10.2. The number of hydrogen-bond acceptors (Lipinski definition) is 7. The monoisotopic (exact) mass is 535 g/mol. The largest absolute Gasteiger partial charge is 0.384 e. The van der Waals surface area contributed by atoms with Crippen molar-refractivity contribution in [2.75, 3.05) is 71.4 Å². The second-order valence-corrected chi connectivity index (χ2v) is 10.6. The van der Waals surface area contributed by atoms with Crippen molar-refractivity contribution in [2.24, 2.45) is 0 Å². The molecule has 0 saturated carbocycles. The van der Waals surface area contributed by atoms with Crippen molar-refractivity contribution in [1.29, 1.82) is 0 Å². The van der Waals surface area contributed by atoms with E-state index < -0.39 is 0 Å². The first-order valence-electron chi connectivity index (χ1n) is 13.4. The summed E-state index contributed by atoms with van der Waals surface area (Å²) < 4.78 is 7.90. The fourth-order valence-corrected chi connectivity index (χ4v) is 5.68. The second kappa shape index (κ2) is 11.0. The number of aromatic nitrogens is 3. The van der Waals surface area contributed by atoms with E-state index in [0.29, 0.717) is 29.6 Å². The highest BCUT2D eigenvalue weighted by atomic mass is 35.5. The summed E-state index contributed by atoms with van der Waals surface area (Å²) in [7, 11) is 2.17. The number of hydrogen-bond donors (Lipinski definition) is 3. The van der Waals surface area contributed by atoms with Crippen LogP contribution in [0.3, 0.4) is 0 Å². The molecule has 2 aromatic heterocycles. The van der Waals surface area contributed by atoms with Crippen LogP contribution in [0.25, 0.3) is 33.3 Å². The first-order valence-corrected chi connectivity index (χ1v) is 13.7. The van der Waals surface area contributed by atoms with Crippen LogP contribution in [0.1, 0.15) is 12.6 Å². The maximum absolute atomic E-state index is 13.7. The van der Waals surface area contributed by atoms with E-state index in [1.165, 1.54) is 0 Å². The van der Waals surface area contributed by atoms with Gasteiger partial charge in [-0.25, -0.2) is 4.98 Å². The van der Waals surface area contributed by atoms with E-state index in [2.05, 4.69) is 37.0 Å². The number of benzene rings is 2. The van der Waals surface area contributed by atoms with Crippen LogP contribution in [0.5, 0.6) is 0 Å². The van der Waals surface area contributed by atoms with Gasteiger partial charge in [0.2, 0.25) is 0 Å². The lowest BCUT2D eigenvalue weighted by Gasteiger charge is -2.32. The summed E-state index contributed by atoms with van der Waals surface area (Å²) in [5, 5.41) is 8.65. The number of imidazole rings is 1. The molecule has 0 amide bonds.